The Labute approximate surface area is 252 Å². The van der Waals surface area contributed by atoms with Crippen molar-refractivity contribution < 1.29 is 31.5 Å². The molecule has 0 bridgehead atoms. The molecule has 0 saturated carbocycles. The van der Waals surface area contributed by atoms with Crippen molar-refractivity contribution in [2.24, 2.45) is 0 Å². The summed E-state index contributed by atoms with van der Waals surface area (Å²) in [5.41, 5.74) is 2.02. The summed E-state index contributed by atoms with van der Waals surface area (Å²) < 4.78 is 62.7. The monoisotopic (exact) mass is 618 g/mol. The minimum Gasteiger partial charge on any atom is -0.496 e. The zero-order valence-corrected chi connectivity index (χ0v) is 25.1. The molecule has 0 unspecified atom stereocenters. The Balaban J connectivity index is 1.77. The fourth-order valence-corrected chi connectivity index (χ4v) is 6.13. The molecule has 0 fully saturated rings. The molecular formula is C32H28F2N4O5S. The number of carbonyl (C=O) groups excluding carboxylic acids is 2. The second-order valence-corrected chi connectivity index (χ2v) is 12.0. The van der Waals surface area contributed by atoms with Gasteiger partial charge >= 0.3 is 0 Å². The summed E-state index contributed by atoms with van der Waals surface area (Å²) >= 11 is 0. The standard InChI is InChI=1S/C32H28F2N4O5S/c1-19-9-11-22(12-10-19)44(41,42)38-18-26(23-7-5-6-8-28(23)43-4)24-14-21(17-35-31(24)38)20-13-25(32(40)37(2)3)30(27(34)15-20)36-29(39)16-33/h5-15,17-18H,16H2,1-4H3,(H,36,39). The number of pyridine rings is 1. The van der Waals surface area contributed by atoms with Crippen molar-refractivity contribution in [3.8, 4) is 28.0 Å². The quantitative estimate of drug-likeness (QED) is 0.240. The third-order valence-electron chi connectivity index (χ3n) is 7.03. The van der Waals surface area contributed by atoms with Crippen molar-refractivity contribution >= 4 is 38.6 Å². The Bertz CT molecular complexity index is 2020. The number of amides is 2. The molecule has 0 aliphatic carbocycles. The van der Waals surface area contributed by atoms with Crippen molar-refractivity contribution in [2.45, 2.75) is 11.8 Å². The Hall–Kier alpha value is -5.10. The molecule has 2 aromatic heterocycles. The number of ether oxygens (including phenoxy) is 1. The topological polar surface area (TPSA) is 111 Å². The summed E-state index contributed by atoms with van der Waals surface area (Å²) in [7, 11) is 0.325. The van der Waals surface area contributed by atoms with Crippen LogP contribution in [-0.4, -0.2) is 62.0 Å². The lowest BCUT2D eigenvalue weighted by atomic mass is 9.99. The van der Waals surface area contributed by atoms with Gasteiger partial charge in [0.1, 0.15) is 11.6 Å². The normalized spacial score (nSPS) is 11.4. The highest BCUT2D eigenvalue weighted by Gasteiger charge is 2.26. The Morgan fingerprint density at radius 3 is 2.36 bits per heavy atom. The second-order valence-electron chi connectivity index (χ2n) is 10.2. The number of methoxy groups -OCH3 is 1. The van der Waals surface area contributed by atoms with Crippen LogP contribution in [0.1, 0.15) is 15.9 Å². The lowest BCUT2D eigenvalue weighted by Crippen LogP contribution is -2.25. The van der Waals surface area contributed by atoms with Gasteiger partial charge in [0, 0.05) is 48.6 Å². The molecular weight excluding hydrogens is 590 g/mol. The van der Waals surface area contributed by atoms with E-state index in [1.807, 2.05) is 6.92 Å². The first-order valence-corrected chi connectivity index (χ1v) is 14.8. The van der Waals surface area contributed by atoms with E-state index < -0.39 is 40.0 Å². The second kappa shape index (κ2) is 11.9. The predicted molar refractivity (Wildman–Crippen MR) is 163 cm³/mol. The highest BCUT2D eigenvalue weighted by Crippen LogP contribution is 2.39. The van der Waals surface area contributed by atoms with Crippen LogP contribution in [0.5, 0.6) is 5.75 Å². The highest BCUT2D eigenvalue weighted by atomic mass is 32.2. The van der Waals surface area contributed by atoms with Crippen LogP contribution in [0.4, 0.5) is 14.5 Å². The van der Waals surface area contributed by atoms with Crippen LogP contribution in [0.3, 0.4) is 0 Å². The average Bonchev–Trinajstić information content (AvgIpc) is 3.41. The first-order chi connectivity index (χ1) is 21.0. The van der Waals surface area contributed by atoms with Crippen molar-refractivity contribution in [2.75, 3.05) is 33.2 Å². The number of hydrogen-bond acceptors (Lipinski definition) is 6. The molecule has 3 aromatic carbocycles. The number of benzene rings is 3. The number of fused-ring (bicyclic) bond motifs is 1. The predicted octanol–water partition coefficient (Wildman–Crippen LogP) is 5.67. The van der Waals surface area contributed by atoms with E-state index in [4.69, 9.17) is 4.74 Å². The number of carbonyl (C=O) groups is 2. The number of rotatable bonds is 8. The van der Waals surface area contributed by atoms with Gasteiger partial charge in [-0.05, 0) is 48.9 Å². The van der Waals surface area contributed by atoms with Gasteiger partial charge in [0.2, 0.25) is 0 Å². The number of alkyl halides is 1. The van der Waals surface area contributed by atoms with Crippen molar-refractivity contribution in [3.63, 3.8) is 0 Å². The van der Waals surface area contributed by atoms with Gasteiger partial charge in [0.25, 0.3) is 21.8 Å². The van der Waals surface area contributed by atoms with Crippen molar-refractivity contribution in [1.29, 1.82) is 0 Å². The summed E-state index contributed by atoms with van der Waals surface area (Å²) in [6.45, 7) is 0.456. The van der Waals surface area contributed by atoms with Gasteiger partial charge in [-0.15, -0.1) is 0 Å². The molecule has 0 spiro atoms. The largest absolute Gasteiger partial charge is 0.496 e. The SMILES string of the molecule is COc1ccccc1-c1cn(S(=O)(=O)c2ccc(C)cc2)c2ncc(-c3cc(F)c(NC(=O)CF)c(C(=O)N(C)C)c3)cc12. The lowest BCUT2D eigenvalue weighted by molar-refractivity contribution is -0.117. The van der Waals surface area contributed by atoms with Crippen LogP contribution in [0.15, 0.2) is 84.0 Å². The van der Waals surface area contributed by atoms with E-state index in [0.717, 1.165) is 15.6 Å². The molecule has 44 heavy (non-hydrogen) atoms. The first kappa shape index (κ1) is 30.4. The molecule has 226 valence electrons. The van der Waals surface area contributed by atoms with Crippen LogP contribution in [0.2, 0.25) is 0 Å². The van der Waals surface area contributed by atoms with Gasteiger partial charge in [0.15, 0.2) is 12.3 Å². The number of halogens is 2. The number of nitrogens with zero attached hydrogens (tertiary/aromatic N) is 3. The molecule has 0 atom stereocenters. The van der Waals surface area contributed by atoms with Crippen molar-refractivity contribution in [3.05, 3.63) is 96.1 Å². The van der Waals surface area contributed by atoms with Gasteiger partial charge in [-0.25, -0.2) is 26.2 Å². The van der Waals surface area contributed by atoms with E-state index >= 15 is 4.39 Å². The molecule has 12 heteroatoms. The Morgan fingerprint density at radius 2 is 1.70 bits per heavy atom. The molecule has 5 rings (SSSR count). The molecule has 1 N–H and O–H groups in total. The number of hydrogen-bond donors (Lipinski definition) is 1. The summed E-state index contributed by atoms with van der Waals surface area (Å²) in [6.07, 6.45) is 2.83. The van der Waals surface area contributed by atoms with Crippen molar-refractivity contribution in [1.82, 2.24) is 13.9 Å². The zero-order valence-electron chi connectivity index (χ0n) is 24.3. The van der Waals surface area contributed by atoms with E-state index in [1.54, 1.807) is 42.5 Å². The molecule has 0 saturated heterocycles. The van der Waals surface area contributed by atoms with E-state index in [2.05, 4.69) is 10.3 Å². The van der Waals surface area contributed by atoms with Crippen LogP contribution in [0.25, 0.3) is 33.3 Å². The summed E-state index contributed by atoms with van der Waals surface area (Å²) in [5.74, 6) is -2.20. The minimum atomic E-state index is -4.09. The average molecular weight is 619 g/mol. The fraction of sp³-hybridized carbons (Fsp3) is 0.156. The van der Waals surface area contributed by atoms with Gasteiger partial charge in [-0.3, -0.25) is 9.59 Å². The van der Waals surface area contributed by atoms with Crippen LogP contribution in [-0.2, 0) is 14.8 Å². The fourth-order valence-electron chi connectivity index (χ4n) is 4.81. The smallest absolute Gasteiger partial charge is 0.269 e. The van der Waals surface area contributed by atoms with Crippen LogP contribution >= 0.6 is 0 Å². The summed E-state index contributed by atoms with van der Waals surface area (Å²) in [5, 5.41) is 2.53. The third kappa shape index (κ3) is 5.51. The van der Waals surface area contributed by atoms with Gasteiger partial charge in [-0.2, -0.15) is 0 Å². The van der Waals surface area contributed by atoms with E-state index in [1.165, 1.54) is 56.7 Å². The maximum absolute atomic E-state index is 15.4. The molecule has 2 heterocycles. The Kier molecular flexibility index (Phi) is 8.20. The summed E-state index contributed by atoms with van der Waals surface area (Å²) in [6, 6.07) is 17.6. The maximum atomic E-state index is 15.4. The first-order valence-electron chi connectivity index (χ1n) is 13.3. The molecule has 0 aliphatic rings. The molecule has 0 aliphatic heterocycles. The van der Waals surface area contributed by atoms with E-state index in [9.17, 15) is 22.4 Å². The number of aromatic nitrogens is 2. The number of nitrogens with one attached hydrogen (secondary N) is 1. The zero-order chi connectivity index (χ0) is 31.8. The third-order valence-corrected chi connectivity index (χ3v) is 8.70. The number of aryl methyl sites for hydroxylation is 1. The highest BCUT2D eigenvalue weighted by molar-refractivity contribution is 7.90. The molecule has 0 radical (unpaired) electrons. The maximum Gasteiger partial charge on any atom is 0.269 e. The Morgan fingerprint density at radius 1 is 1.00 bits per heavy atom. The number of para-hydroxylation sites is 1. The minimum absolute atomic E-state index is 0.0669. The van der Waals surface area contributed by atoms with Gasteiger partial charge in [0.05, 0.1) is 23.3 Å². The van der Waals surface area contributed by atoms with Gasteiger partial charge in [-0.1, -0.05) is 35.9 Å². The molecule has 9 nitrogen and oxygen atoms in total. The van der Waals surface area contributed by atoms with E-state index in [-0.39, 0.29) is 21.7 Å². The number of anilines is 1. The van der Waals surface area contributed by atoms with Crippen LogP contribution in [0, 0.1) is 12.7 Å². The molecule has 2 amide bonds. The lowest BCUT2D eigenvalue weighted by Gasteiger charge is -2.17. The van der Waals surface area contributed by atoms with Crippen LogP contribution < -0.4 is 10.1 Å². The summed E-state index contributed by atoms with van der Waals surface area (Å²) in [4.78, 5) is 30.5. The van der Waals surface area contributed by atoms with Gasteiger partial charge < -0.3 is 15.0 Å². The van der Waals surface area contributed by atoms with E-state index in [0.29, 0.717) is 27.8 Å². The molecule has 5 aromatic rings.